The van der Waals surface area contributed by atoms with E-state index in [9.17, 15) is 0 Å². The van der Waals surface area contributed by atoms with Crippen LogP contribution in [0.3, 0.4) is 0 Å². The third-order valence-electron chi connectivity index (χ3n) is 2.80. The van der Waals surface area contributed by atoms with Crippen LogP contribution in [-0.2, 0) is 13.0 Å². The van der Waals surface area contributed by atoms with Crippen molar-refractivity contribution in [1.29, 1.82) is 0 Å². The zero-order valence-corrected chi connectivity index (χ0v) is 10.1. The number of hydrogen-bond donors (Lipinski definition) is 1. The molecule has 0 fully saturated rings. The van der Waals surface area contributed by atoms with Gasteiger partial charge in [-0.3, -0.25) is 4.40 Å². The summed E-state index contributed by atoms with van der Waals surface area (Å²) in [6.45, 7) is 2.61. The quantitative estimate of drug-likeness (QED) is 0.763. The van der Waals surface area contributed by atoms with Crippen molar-refractivity contribution >= 4 is 11.5 Å². The van der Waals surface area contributed by atoms with Crippen LogP contribution < -0.4 is 5.32 Å². The molecule has 1 N–H and O–H groups in total. The van der Waals surface area contributed by atoms with E-state index in [1.54, 1.807) is 12.4 Å². The predicted molar refractivity (Wildman–Crippen MR) is 68.4 cm³/mol. The summed E-state index contributed by atoms with van der Waals surface area (Å²) in [5, 5.41) is 3.29. The molecule has 0 aromatic carbocycles. The van der Waals surface area contributed by atoms with E-state index in [0.717, 1.165) is 23.6 Å². The lowest BCUT2D eigenvalue weighted by Gasteiger charge is -2.06. The molecule has 92 valence electrons. The van der Waals surface area contributed by atoms with Crippen molar-refractivity contribution in [2.75, 3.05) is 5.32 Å². The highest BCUT2D eigenvalue weighted by Gasteiger charge is 2.04. The maximum atomic E-state index is 5.55. The van der Waals surface area contributed by atoms with Gasteiger partial charge in [0.05, 0.1) is 12.7 Å². The molecule has 0 aliphatic carbocycles. The Morgan fingerprint density at radius 3 is 3.11 bits per heavy atom. The van der Waals surface area contributed by atoms with Crippen LogP contribution in [0.1, 0.15) is 18.6 Å². The fourth-order valence-electron chi connectivity index (χ4n) is 1.85. The number of rotatable bonds is 4. The van der Waals surface area contributed by atoms with Crippen LogP contribution >= 0.6 is 0 Å². The van der Waals surface area contributed by atoms with Crippen molar-refractivity contribution in [2.24, 2.45) is 0 Å². The van der Waals surface area contributed by atoms with E-state index in [0.29, 0.717) is 12.4 Å². The average Bonchev–Trinajstić information content (AvgIpc) is 3.05. The Morgan fingerprint density at radius 2 is 2.28 bits per heavy atom. The van der Waals surface area contributed by atoms with Crippen molar-refractivity contribution in [3.05, 3.63) is 48.4 Å². The topological polar surface area (TPSA) is 55.4 Å². The highest BCUT2D eigenvalue weighted by molar-refractivity contribution is 5.49. The van der Waals surface area contributed by atoms with Gasteiger partial charge in [-0.2, -0.15) is 0 Å². The molecule has 5 nitrogen and oxygen atoms in total. The lowest BCUT2D eigenvalue weighted by molar-refractivity contribution is 0.465. The summed E-state index contributed by atoms with van der Waals surface area (Å²) in [5.74, 6) is 2.58. The minimum absolute atomic E-state index is 0.567. The van der Waals surface area contributed by atoms with Crippen LogP contribution in [0.25, 0.3) is 5.65 Å². The van der Waals surface area contributed by atoms with Gasteiger partial charge in [-0.05, 0) is 12.1 Å². The van der Waals surface area contributed by atoms with Crippen molar-refractivity contribution < 1.29 is 4.42 Å². The molecule has 0 saturated carbocycles. The molecule has 0 unspecified atom stereocenters. The third-order valence-corrected chi connectivity index (χ3v) is 2.80. The van der Waals surface area contributed by atoms with E-state index in [1.807, 2.05) is 35.7 Å². The zero-order valence-electron chi connectivity index (χ0n) is 10.1. The van der Waals surface area contributed by atoms with E-state index >= 15 is 0 Å². The first-order chi connectivity index (χ1) is 8.86. The Balaban J connectivity index is 1.78. The van der Waals surface area contributed by atoms with E-state index in [-0.39, 0.29) is 0 Å². The van der Waals surface area contributed by atoms with Crippen molar-refractivity contribution in [3.8, 4) is 0 Å². The highest BCUT2D eigenvalue weighted by atomic mass is 16.4. The maximum absolute atomic E-state index is 5.55. The molecule has 3 aromatic heterocycles. The minimum Gasteiger partial charge on any atom is -0.444 e. The summed E-state index contributed by atoms with van der Waals surface area (Å²) in [4.78, 5) is 8.45. The predicted octanol–water partition coefficient (Wildman–Crippen LogP) is 2.50. The van der Waals surface area contributed by atoms with Gasteiger partial charge in [0, 0.05) is 18.8 Å². The Morgan fingerprint density at radius 1 is 1.33 bits per heavy atom. The first-order valence-corrected chi connectivity index (χ1v) is 5.96. The molecule has 3 aromatic rings. The molecule has 18 heavy (non-hydrogen) atoms. The number of pyridine rings is 1. The summed E-state index contributed by atoms with van der Waals surface area (Å²) in [7, 11) is 0. The lowest BCUT2D eigenvalue weighted by Crippen LogP contribution is -2.03. The average molecular weight is 242 g/mol. The summed E-state index contributed by atoms with van der Waals surface area (Å²) < 4.78 is 7.54. The van der Waals surface area contributed by atoms with Crippen LogP contribution in [0.15, 0.2) is 41.2 Å². The van der Waals surface area contributed by atoms with Crippen LogP contribution in [0.5, 0.6) is 0 Å². The van der Waals surface area contributed by atoms with Crippen LogP contribution in [-0.4, -0.2) is 14.4 Å². The number of hydrogen-bond acceptors (Lipinski definition) is 4. The smallest absolute Gasteiger partial charge is 0.213 e. The number of nitrogens with zero attached hydrogens (tertiary/aromatic N) is 3. The number of imidazole rings is 1. The van der Waals surface area contributed by atoms with Gasteiger partial charge in [-0.15, -0.1) is 0 Å². The summed E-state index contributed by atoms with van der Waals surface area (Å²) in [6.07, 6.45) is 6.34. The number of oxazole rings is 1. The van der Waals surface area contributed by atoms with Gasteiger partial charge in [0.2, 0.25) is 5.89 Å². The van der Waals surface area contributed by atoms with Crippen LogP contribution in [0, 0.1) is 0 Å². The number of nitrogens with one attached hydrogen (secondary N) is 1. The van der Waals surface area contributed by atoms with Gasteiger partial charge in [0.1, 0.15) is 17.2 Å². The summed E-state index contributed by atoms with van der Waals surface area (Å²) >= 11 is 0. The number of aromatic nitrogens is 3. The largest absolute Gasteiger partial charge is 0.444 e. The van der Waals surface area contributed by atoms with Crippen molar-refractivity contribution in [1.82, 2.24) is 14.4 Å². The molecule has 0 aliphatic heterocycles. The SMILES string of the molecule is CCc1cnc(CNc2cccc3nccn23)o1. The third kappa shape index (κ3) is 1.95. The van der Waals surface area contributed by atoms with Gasteiger partial charge in [-0.25, -0.2) is 9.97 Å². The molecule has 5 heteroatoms. The molecule has 0 amide bonds. The van der Waals surface area contributed by atoms with E-state index in [4.69, 9.17) is 4.42 Å². The number of anilines is 1. The zero-order chi connectivity index (χ0) is 12.4. The number of aryl methyl sites for hydroxylation is 1. The summed E-state index contributed by atoms with van der Waals surface area (Å²) in [6, 6.07) is 5.93. The van der Waals surface area contributed by atoms with Crippen LogP contribution in [0.4, 0.5) is 5.82 Å². The van der Waals surface area contributed by atoms with Crippen molar-refractivity contribution in [3.63, 3.8) is 0 Å². The highest BCUT2D eigenvalue weighted by Crippen LogP contribution is 2.12. The number of fused-ring (bicyclic) bond motifs is 1. The summed E-state index contributed by atoms with van der Waals surface area (Å²) in [5.41, 5.74) is 0.918. The van der Waals surface area contributed by atoms with Crippen molar-refractivity contribution in [2.45, 2.75) is 19.9 Å². The Kier molecular flexibility index (Phi) is 2.72. The maximum Gasteiger partial charge on any atom is 0.213 e. The van der Waals surface area contributed by atoms with E-state index in [2.05, 4.69) is 15.3 Å². The second kappa shape index (κ2) is 4.52. The second-order valence-corrected chi connectivity index (χ2v) is 3.99. The first kappa shape index (κ1) is 10.8. The molecule has 0 atom stereocenters. The molecule has 0 aliphatic rings. The Labute approximate surface area is 104 Å². The molecule has 0 radical (unpaired) electrons. The fraction of sp³-hybridized carbons (Fsp3) is 0.231. The van der Waals surface area contributed by atoms with Gasteiger partial charge >= 0.3 is 0 Å². The van der Waals surface area contributed by atoms with Gasteiger partial charge in [0.25, 0.3) is 0 Å². The van der Waals surface area contributed by atoms with E-state index in [1.165, 1.54) is 0 Å². The van der Waals surface area contributed by atoms with Gasteiger partial charge in [0.15, 0.2) is 0 Å². The Hall–Kier alpha value is -2.30. The molecular formula is C13H14N4O. The molecule has 3 heterocycles. The van der Waals surface area contributed by atoms with Crippen LogP contribution in [0.2, 0.25) is 0 Å². The van der Waals surface area contributed by atoms with E-state index < -0.39 is 0 Å². The first-order valence-electron chi connectivity index (χ1n) is 5.96. The van der Waals surface area contributed by atoms with Gasteiger partial charge < -0.3 is 9.73 Å². The normalized spacial score (nSPS) is 10.9. The molecule has 0 saturated heterocycles. The second-order valence-electron chi connectivity index (χ2n) is 3.99. The Bertz CT molecular complexity index is 656. The lowest BCUT2D eigenvalue weighted by atomic mass is 10.4. The fourth-order valence-corrected chi connectivity index (χ4v) is 1.85. The monoisotopic (exact) mass is 242 g/mol. The standard InChI is InChI=1S/C13H14N4O/c1-2-10-8-16-13(18-10)9-15-12-5-3-4-11-14-6-7-17(11)12/h3-8,15H,2,9H2,1H3. The molecule has 3 rings (SSSR count). The minimum atomic E-state index is 0.567. The molecule has 0 spiro atoms. The van der Waals surface area contributed by atoms with Gasteiger partial charge in [-0.1, -0.05) is 13.0 Å². The molecule has 0 bridgehead atoms. The molecular weight excluding hydrogens is 228 g/mol.